The third-order valence-corrected chi connectivity index (χ3v) is 20.9. The molecule has 0 aliphatic carbocycles. The number of β-amino-alcohol motifs (C(OH)–C–C–N with tert-alkyl or cyclic N) is 1. The number of ether oxygens (including phenoxy) is 9. The van der Waals surface area contributed by atoms with E-state index in [1.807, 2.05) is 4.90 Å². The van der Waals surface area contributed by atoms with Crippen LogP contribution in [0.15, 0.2) is 0 Å². The Bertz CT molecular complexity index is 2420. The molecule has 0 saturated carbocycles. The van der Waals surface area contributed by atoms with Crippen LogP contribution in [-0.2, 0) is 114 Å². The molecule has 4 aliphatic rings. The molecule has 115 heavy (non-hydrogen) atoms. The van der Waals surface area contributed by atoms with E-state index in [1.54, 1.807) is 20.8 Å². The first kappa shape index (κ1) is 107. The zero-order chi connectivity index (χ0) is 84.1. The van der Waals surface area contributed by atoms with Gasteiger partial charge in [-0.15, -0.1) is 0 Å². The van der Waals surface area contributed by atoms with Crippen LogP contribution >= 0.6 is 0 Å². The second kappa shape index (κ2) is 64.1. The number of amides is 7. The Kier molecular flexibility index (Phi) is 59.9. The summed E-state index contributed by atoms with van der Waals surface area (Å²) in [5.74, 6) is -3.07. The molecule has 0 bridgehead atoms. The summed E-state index contributed by atoms with van der Waals surface area (Å²) < 4.78 is 52.6. The molecule has 35 nitrogen and oxygen atoms in total. The smallest absolute Gasteiger partial charge is 0.222 e. The Morgan fingerprint density at radius 2 is 0.696 bits per heavy atom. The van der Waals surface area contributed by atoms with Crippen molar-refractivity contribution >= 4 is 47.1 Å². The molecule has 4 heterocycles. The topological polar surface area (TPSA) is 518 Å². The van der Waals surface area contributed by atoms with Crippen molar-refractivity contribution in [3.8, 4) is 0 Å². The number of unbranched alkanes of at least 4 members (excludes halogenated alkanes) is 10. The number of Topliss-reactive ketones (excluding diaryl/α,β-unsaturated/α-hetero) is 1. The molecule has 0 spiro atoms. The van der Waals surface area contributed by atoms with Crippen molar-refractivity contribution in [1.29, 1.82) is 0 Å². The molecule has 4 aliphatic heterocycles. The predicted octanol–water partition coefficient (Wildman–Crippen LogP) is 0.431. The molecule has 4 rings (SSSR count). The SMILES string of the molecule is [CH2-]CCC1C[C@@H](O)CN1C(=O)CCCCCCCCCCC(=O)CC(COCCC(=O)NCCCNC(=O)CCCCOC1OC(CO)C(O)C(O)C1C)(COCCC(=O)NCCCNC(=O)CCCCOC1OC(CO)C(O)C(O)C1C)COCCC(=O)NCCCNC(=O)CCCCOC1OC(CO)C(O)C(O)C1C.[CH2-]O.[Y]. The first-order valence-electron chi connectivity index (χ1n) is 41.5. The van der Waals surface area contributed by atoms with Gasteiger partial charge in [-0.1, -0.05) is 65.7 Å². The summed E-state index contributed by atoms with van der Waals surface area (Å²) >= 11 is 0. The molecule has 7 amide bonds. The maximum atomic E-state index is 14.1. The fourth-order valence-electron chi connectivity index (χ4n) is 13.8. The number of carbonyl (C=O) groups excluding carboxylic acids is 8. The second-order valence-corrected chi connectivity index (χ2v) is 30.5. The quantitative estimate of drug-likeness (QED) is 0.0290. The average molecular weight is 1730 g/mol. The largest absolute Gasteiger partial charge is 0.569 e. The van der Waals surface area contributed by atoms with E-state index < -0.39 is 123 Å². The monoisotopic (exact) mass is 1730 g/mol. The number of hydrogen-bond donors (Lipinski definition) is 17. The number of carbonyl (C=O) groups is 8. The van der Waals surface area contributed by atoms with Gasteiger partial charge in [0.2, 0.25) is 41.4 Å². The number of likely N-dealkylation sites (tertiary alicyclic amines) is 1. The fourth-order valence-corrected chi connectivity index (χ4v) is 13.8. The molecule has 1 radical (unpaired) electrons. The number of ketones is 1. The minimum Gasteiger partial charge on any atom is -0.569 e. The van der Waals surface area contributed by atoms with E-state index in [1.165, 1.54) is 0 Å². The van der Waals surface area contributed by atoms with Gasteiger partial charge in [-0.25, -0.2) is 7.11 Å². The number of aliphatic hydroxyl groups excluding tert-OH is 11. The summed E-state index contributed by atoms with van der Waals surface area (Å²) in [7, 11) is 2.25. The van der Waals surface area contributed by atoms with Crippen molar-refractivity contribution < 1.29 is 170 Å². The van der Waals surface area contributed by atoms with Crippen molar-refractivity contribution in [3.05, 3.63) is 14.0 Å². The Morgan fingerprint density at radius 3 is 1.01 bits per heavy atom. The Morgan fingerprint density at radius 1 is 0.400 bits per heavy atom. The van der Waals surface area contributed by atoms with E-state index in [-0.39, 0.29) is 216 Å². The molecule has 4 saturated heterocycles. The van der Waals surface area contributed by atoms with E-state index in [4.69, 9.17) is 47.7 Å². The molecule has 36 heteroatoms. The Labute approximate surface area is 705 Å². The van der Waals surface area contributed by atoms with Gasteiger partial charge in [0.25, 0.3) is 0 Å². The van der Waals surface area contributed by atoms with Crippen LogP contribution in [0, 0.1) is 37.2 Å². The molecular weight excluding hydrogens is 1580 g/mol. The van der Waals surface area contributed by atoms with Crippen LogP contribution in [0.1, 0.15) is 207 Å². The number of rotatable bonds is 63. The first-order chi connectivity index (χ1) is 54.9. The van der Waals surface area contributed by atoms with Gasteiger partial charge in [-0.3, -0.25) is 38.4 Å². The molecule has 0 aromatic rings. The van der Waals surface area contributed by atoms with Crippen LogP contribution < -0.4 is 31.9 Å². The van der Waals surface area contributed by atoms with E-state index in [9.17, 15) is 89.4 Å². The van der Waals surface area contributed by atoms with Crippen LogP contribution in [0.3, 0.4) is 0 Å². The number of hydrogen-bond acceptors (Lipinski definition) is 28. The summed E-state index contributed by atoms with van der Waals surface area (Å²) in [5.41, 5.74) is -1.13. The standard InChI is InChI=1S/C78H140N7O27.CH3O.Y/c1-5-23-56-44-58(90)46-85(56)68(97)28-13-11-9-7-6-8-10-12-24-57(89)45-78(50-104-41-29-65(94)82-35-20-32-79-62(91)25-14-17-38-107-75-53(2)69(98)72(101)59(47-86)110-75,51-105-42-30-66(95)83-36-21-33-80-63(92)26-15-18-39-108-76-54(3)70(99)73(102)60(48-87)111-76)52-106-43-31-67(96)84-37-22-34-81-64(93)27-16-19-40-109-77-55(4)71(100)74(103)61(49-88)112-77;1-2;/h53-56,58-61,69-77,86-88,90,98-103H,1,5-52H2,2-4H3,(H,79,91)(H,80,92)(H,81,93)(H,82,94)(H,83,95)(H,84,96);2H,1H2;/q2*-1;/t53?,54?,55?,56?,58-,59?,60?,61?,69?,70?,71?,72?,73?,74?,75?,76?,77?,78?;;/m1../s1. The third-order valence-electron chi connectivity index (χ3n) is 20.9. The van der Waals surface area contributed by atoms with Crippen LogP contribution in [0.2, 0.25) is 0 Å². The normalized spacial score (nSPS) is 25.8. The summed E-state index contributed by atoms with van der Waals surface area (Å²) in [6.45, 7) is 9.88. The maximum Gasteiger partial charge on any atom is 0.222 e. The van der Waals surface area contributed by atoms with Crippen LogP contribution in [0.4, 0.5) is 0 Å². The zero-order valence-corrected chi connectivity index (χ0v) is 71.4. The summed E-state index contributed by atoms with van der Waals surface area (Å²) in [6, 6.07) is 0.0495. The van der Waals surface area contributed by atoms with E-state index in [0.29, 0.717) is 110 Å². The molecule has 0 aromatic heterocycles. The van der Waals surface area contributed by atoms with Gasteiger partial charge in [0.05, 0.1) is 83.9 Å². The van der Waals surface area contributed by atoms with Gasteiger partial charge in [0.15, 0.2) is 18.9 Å². The summed E-state index contributed by atoms with van der Waals surface area (Å²) in [5, 5.41) is 124. The van der Waals surface area contributed by atoms with Crippen molar-refractivity contribution in [2.75, 3.05) is 125 Å². The van der Waals surface area contributed by atoms with Gasteiger partial charge in [0, 0.05) is 185 Å². The third kappa shape index (κ3) is 44.1. The van der Waals surface area contributed by atoms with E-state index in [2.05, 4.69) is 45.9 Å². The van der Waals surface area contributed by atoms with Crippen molar-refractivity contribution in [3.63, 3.8) is 0 Å². The maximum absolute atomic E-state index is 14.1. The minimum absolute atomic E-state index is 0. The Hall–Kier alpha value is -3.74. The molecular formula is C79H143N7O28Y-2. The van der Waals surface area contributed by atoms with Crippen molar-refractivity contribution in [2.45, 2.75) is 293 Å². The summed E-state index contributed by atoms with van der Waals surface area (Å²) in [6.07, 6.45) is 1.72. The predicted molar refractivity (Wildman–Crippen MR) is 415 cm³/mol. The van der Waals surface area contributed by atoms with Crippen molar-refractivity contribution in [2.24, 2.45) is 23.2 Å². The summed E-state index contributed by atoms with van der Waals surface area (Å²) in [4.78, 5) is 106. The van der Waals surface area contributed by atoms with E-state index >= 15 is 0 Å². The molecule has 4 fully saturated rings. The second-order valence-electron chi connectivity index (χ2n) is 30.5. The van der Waals surface area contributed by atoms with E-state index in [0.717, 1.165) is 51.4 Å². The molecule has 17 N–H and O–H groups in total. The minimum atomic E-state index is -1.23. The van der Waals surface area contributed by atoms with Crippen LogP contribution in [-0.4, -0.2) is 319 Å². The van der Waals surface area contributed by atoms with Gasteiger partial charge in [-0.05, 0) is 77.0 Å². The first-order valence-corrected chi connectivity index (χ1v) is 41.5. The average Bonchev–Trinajstić information content (AvgIpc) is 1.74. The number of aliphatic hydroxyl groups is 11. The molecule has 667 valence electrons. The molecule has 16 unspecified atom stereocenters. The van der Waals surface area contributed by atoms with Crippen LogP contribution in [0.5, 0.6) is 0 Å². The van der Waals surface area contributed by atoms with Gasteiger partial charge < -0.3 is 143 Å². The number of nitrogens with zero attached hydrogens (tertiary/aromatic N) is 1. The fraction of sp³-hybridized carbons (Fsp3) is 0.873. The Balaban J connectivity index is 0.0000148. The zero-order valence-electron chi connectivity index (χ0n) is 68.6. The number of nitrogens with one attached hydrogen (secondary N) is 6. The van der Waals surface area contributed by atoms with Gasteiger partial charge >= 0.3 is 0 Å². The molecule has 0 aromatic carbocycles. The van der Waals surface area contributed by atoms with Gasteiger partial charge in [-0.2, -0.15) is 6.42 Å². The van der Waals surface area contributed by atoms with Gasteiger partial charge in [0.1, 0.15) is 42.4 Å². The van der Waals surface area contributed by atoms with Crippen LogP contribution in [0.25, 0.3) is 0 Å². The molecule has 17 atom stereocenters. The van der Waals surface area contributed by atoms with Crippen molar-refractivity contribution in [1.82, 2.24) is 36.8 Å².